The molecule has 29 heavy (non-hydrogen) atoms. The molecule has 0 spiro atoms. The molecular weight excluding hydrogens is 387 g/mol. The lowest BCUT2D eigenvalue weighted by atomic mass is 9.62. The SMILES string of the molecule is CCC1(C(O)CCC[C@@H]2CCC[C@@H]2F)CCC1.CCCc1ccc(C(=O)OC)s1. The lowest BCUT2D eigenvalue weighted by molar-refractivity contribution is -0.0438. The lowest BCUT2D eigenvalue weighted by Gasteiger charge is -2.45. The summed E-state index contributed by atoms with van der Waals surface area (Å²) in [6.07, 6.45) is 12.0. The molecule has 0 saturated heterocycles. The number of hydrogen-bond donors (Lipinski definition) is 1. The summed E-state index contributed by atoms with van der Waals surface area (Å²) >= 11 is 1.52. The van der Waals surface area contributed by atoms with E-state index < -0.39 is 6.17 Å². The van der Waals surface area contributed by atoms with Crippen LogP contribution in [0.3, 0.4) is 0 Å². The molecule has 1 N–H and O–H groups in total. The number of ether oxygens (including phenoxy) is 1. The average Bonchev–Trinajstić information content (AvgIpc) is 3.31. The van der Waals surface area contributed by atoms with Crippen molar-refractivity contribution in [3.8, 4) is 0 Å². The second-order valence-electron chi connectivity index (χ2n) is 8.73. The maximum Gasteiger partial charge on any atom is 0.348 e. The van der Waals surface area contributed by atoms with Crippen molar-refractivity contribution < 1.29 is 19.0 Å². The molecule has 2 fully saturated rings. The van der Waals surface area contributed by atoms with Crippen molar-refractivity contribution in [2.45, 2.75) is 103 Å². The molecule has 1 aromatic rings. The van der Waals surface area contributed by atoms with Crippen LogP contribution in [-0.4, -0.2) is 30.5 Å². The minimum atomic E-state index is -0.559. The highest BCUT2D eigenvalue weighted by Crippen LogP contribution is 2.48. The number of aliphatic hydroxyl groups is 1. The van der Waals surface area contributed by atoms with E-state index in [1.54, 1.807) is 0 Å². The summed E-state index contributed by atoms with van der Waals surface area (Å²) < 4.78 is 18.0. The quantitative estimate of drug-likeness (QED) is 0.446. The van der Waals surface area contributed by atoms with Gasteiger partial charge in [-0.05, 0) is 74.8 Å². The predicted octanol–water partition coefficient (Wildman–Crippen LogP) is 6.72. The molecule has 0 aromatic carbocycles. The van der Waals surface area contributed by atoms with Gasteiger partial charge in [-0.25, -0.2) is 9.18 Å². The Balaban J connectivity index is 0.000000221. The van der Waals surface area contributed by atoms with Crippen LogP contribution in [0.5, 0.6) is 0 Å². The Hall–Kier alpha value is -0.940. The number of hydrogen-bond acceptors (Lipinski definition) is 4. The van der Waals surface area contributed by atoms with Crippen molar-refractivity contribution in [1.29, 1.82) is 0 Å². The van der Waals surface area contributed by atoms with E-state index in [1.807, 2.05) is 12.1 Å². The first-order chi connectivity index (χ1) is 14.0. The molecule has 3 nitrogen and oxygen atoms in total. The van der Waals surface area contributed by atoms with E-state index in [9.17, 15) is 14.3 Å². The van der Waals surface area contributed by atoms with Gasteiger partial charge in [0.15, 0.2) is 0 Å². The molecule has 2 saturated carbocycles. The zero-order chi connectivity index (χ0) is 21.3. The van der Waals surface area contributed by atoms with Gasteiger partial charge in [0, 0.05) is 4.88 Å². The molecule has 3 rings (SSSR count). The third kappa shape index (κ3) is 6.78. The number of rotatable bonds is 9. The maximum absolute atomic E-state index is 13.4. The van der Waals surface area contributed by atoms with Crippen LogP contribution < -0.4 is 0 Å². The van der Waals surface area contributed by atoms with Crippen LogP contribution in [0, 0.1) is 11.3 Å². The van der Waals surface area contributed by atoms with Gasteiger partial charge >= 0.3 is 5.97 Å². The number of methoxy groups -OCH3 is 1. The minimum absolute atomic E-state index is 0.138. The van der Waals surface area contributed by atoms with Gasteiger partial charge in [0.1, 0.15) is 11.0 Å². The van der Waals surface area contributed by atoms with Crippen molar-refractivity contribution in [3.05, 3.63) is 21.9 Å². The second-order valence-corrected chi connectivity index (χ2v) is 9.90. The van der Waals surface area contributed by atoms with Gasteiger partial charge in [-0.2, -0.15) is 0 Å². The van der Waals surface area contributed by atoms with Crippen LogP contribution in [0.15, 0.2) is 12.1 Å². The molecule has 1 unspecified atom stereocenters. The lowest BCUT2D eigenvalue weighted by Crippen LogP contribution is -2.40. The van der Waals surface area contributed by atoms with Crippen molar-refractivity contribution in [1.82, 2.24) is 0 Å². The van der Waals surface area contributed by atoms with Crippen LogP contribution in [0.4, 0.5) is 4.39 Å². The van der Waals surface area contributed by atoms with Gasteiger partial charge < -0.3 is 9.84 Å². The molecule has 1 aromatic heterocycles. The van der Waals surface area contributed by atoms with E-state index in [-0.39, 0.29) is 17.5 Å². The summed E-state index contributed by atoms with van der Waals surface area (Å²) in [5.41, 5.74) is 0.227. The van der Waals surface area contributed by atoms with Gasteiger partial charge in [-0.15, -0.1) is 11.3 Å². The summed E-state index contributed by atoms with van der Waals surface area (Å²) in [4.78, 5) is 13.0. The molecule has 0 amide bonds. The fourth-order valence-electron chi connectivity index (χ4n) is 4.72. The minimum Gasteiger partial charge on any atom is -0.465 e. The summed E-state index contributed by atoms with van der Waals surface area (Å²) in [6.45, 7) is 4.31. The van der Waals surface area contributed by atoms with Crippen molar-refractivity contribution in [2.24, 2.45) is 11.3 Å². The number of thiophene rings is 1. The van der Waals surface area contributed by atoms with E-state index in [4.69, 9.17) is 0 Å². The van der Waals surface area contributed by atoms with Crippen molar-refractivity contribution in [2.75, 3.05) is 7.11 Å². The number of halogens is 1. The monoisotopic (exact) mass is 426 g/mol. The van der Waals surface area contributed by atoms with E-state index >= 15 is 0 Å². The normalized spacial score (nSPS) is 23.6. The third-order valence-electron chi connectivity index (χ3n) is 6.92. The molecule has 2 aliphatic carbocycles. The highest BCUT2D eigenvalue weighted by molar-refractivity contribution is 7.13. The molecule has 0 radical (unpaired) electrons. The van der Waals surface area contributed by atoms with Crippen molar-refractivity contribution in [3.63, 3.8) is 0 Å². The zero-order valence-electron chi connectivity index (χ0n) is 18.4. The number of aliphatic hydroxyl groups excluding tert-OH is 1. The number of alkyl halides is 1. The van der Waals surface area contributed by atoms with E-state index in [2.05, 4.69) is 18.6 Å². The number of carbonyl (C=O) groups is 1. The molecule has 1 heterocycles. The highest BCUT2D eigenvalue weighted by Gasteiger charge is 2.41. The molecule has 0 aliphatic heterocycles. The third-order valence-corrected chi connectivity index (χ3v) is 8.05. The topological polar surface area (TPSA) is 46.5 Å². The van der Waals surface area contributed by atoms with Gasteiger partial charge in [0.2, 0.25) is 0 Å². The van der Waals surface area contributed by atoms with Crippen LogP contribution in [-0.2, 0) is 11.2 Å². The van der Waals surface area contributed by atoms with Gasteiger partial charge in [-0.1, -0.05) is 39.5 Å². The Labute approximate surface area is 180 Å². The van der Waals surface area contributed by atoms with Crippen LogP contribution >= 0.6 is 11.3 Å². The number of esters is 1. The summed E-state index contributed by atoms with van der Waals surface area (Å²) in [5.74, 6) is 0.0588. The Morgan fingerprint density at radius 3 is 2.59 bits per heavy atom. The van der Waals surface area contributed by atoms with E-state index in [1.165, 1.54) is 42.6 Å². The predicted molar refractivity (Wildman–Crippen MR) is 118 cm³/mol. The van der Waals surface area contributed by atoms with E-state index in [0.717, 1.165) is 57.8 Å². The fourth-order valence-corrected chi connectivity index (χ4v) is 5.75. The Morgan fingerprint density at radius 2 is 2.07 bits per heavy atom. The summed E-state index contributed by atoms with van der Waals surface area (Å²) in [7, 11) is 1.40. The smallest absolute Gasteiger partial charge is 0.348 e. The van der Waals surface area contributed by atoms with Gasteiger partial charge in [0.25, 0.3) is 0 Å². The summed E-state index contributed by atoms with van der Waals surface area (Å²) in [6, 6.07) is 3.81. The van der Waals surface area contributed by atoms with Crippen LogP contribution in [0.25, 0.3) is 0 Å². The molecule has 2 aliphatic rings. The fraction of sp³-hybridized carbons (Fsp3) is 0.792. The van der Waals surface area contributed by atoms with Gasteiger partial charge in [-0.3, -0.25) is 0 Å². The van der Waals surface area contributed by atoms with Crippen LogP contribution in [0.1, 0.15) is 99.0 Å². The second kappa shape index (κ2) is 12.0. The Morgan fingerprint density at radius 1 is 1.31 bits per heavy atom. The molecule has 0 bridgehead atoms. The van der Waals surface area contributed by atoms with Crippen LogP contribution in [0.2, 0.25) is 0 Å². The standard InChI is InChI=1S/C15H27FO.C9H12O2S/c1-2-15(10-5-11-15)14(17)9-4-7-12-6-3-8-13(12)16;1-3-4-7-5-6-8(12-7)9(10)11-2/h12-14,17H,2-11H2,1H3;5-6H,3-4H2,1-2H3/t12-,13-,14?;/m0./s1. The Bertz CT molecular complexity index is 606. The highest BCUT2D eigenvalue weighted by atomic mass is 32.1. The van der Waals surface area contributed by atoms with E-state index in [0.29, 0.717) is 10.8 Å². The first-order valence-corrected chi connectivity index (χ1v) is 12.3. The average molecular weight is 427 g/mol. The molecule has 166 valence electrons. The largest absolute Gasteiger partial charge is 0.465 e. The zero-order valence-corrected chi connectivity index (χ0v) is 19.2. The maximum atomic E-state index is 13.4. The first kappa shape index (κ1) is 24.3. The molecule has 5 heteroatoms. The Kier molecular flexibility index (Phi) is 10.1. The van der Waals surface area contributed by atoms with Gasteiger partial charge in [0.05, 0.1) is 13.2 Å². The first-order valence-electron chi connectivity index (χ1n) is 11.4. The number of carbonyl (C=O) groups excluding carboxylic acids is 1. The van der Waals surface area contributed by atoms with Crippen molar-refractivity contribution >= 4 is 17.3 Å². The molecule has 3 atom stereocenters. The number of aryl methyl sites for hydroxylation is 1. The summed E-state index contributed by atoms with van der Waals surface area (Å²) in [5, 5.41) is 10.3. The molecular formula is C24H39FO3S.